The Balaban J connectivity index is 0.00000274. The minimum absolute atomic E-state index is 0. The van der Waals surface area contributed by atoms with E-state index in [9.17, 15) is 0 Å². The van der Waals surface area contributed by atoms with Gasteiger partial charge in [0.25, 0.3) is 0 Å². The van der Waals surface area contributed by atoms with E-state index in [2.05, 4.69) is 73.7 Å². The van der Waals surface area contributed by atoms with Crippen molar-refractivity contribution in [1.82, 2.24) is 20.0 Å². The van der Waals surface area contributed by atoms with Gasteiger partial charge >= 0.3 is 0 Å². The van der Waals surface area contributed by atoms with Gasteiger partial charge in [-0.2, -0.15) is 5.10 Å². The van der Waals surface area contributed by atoms with Crippen LogP contribution in [-0.2, 0) is 31.3 Å². The highest BCUT2D eigenvalue weighted by atomic mass is 127. The molecule has 34 heavy (non-hydrogen) atoms. The first-order valence-corrected chi connectivity index (χ1v) is 11.7. The summed E-state index contributed by atoms with van der Waals surface area (Å²) < 4.78 is 7.79. The van der Waals surface area contributed by atoms with Crippen LogP contribution in [0.2, 0.25) is 0 Å². The SMILES string of the molecule is CN=C(NCc1ccc(CN2CCc3ccccc32)cc1)N1CCOC(c2cnn(C)c2)C1.I. The largest absolute Gasteiger partial charge is 0.370 e. The summed E-state index contributed by atoms with van der Waals surface area (Å²) in [4.78, 5) is 9.25. The van der Waals surface area contributed by atoms with Crippen LogP contribution < -0.4 is 10.2 Å². The van der Waals surface area contributed by atoms with Gasteiger partial charge in [0.1, 0.15) is 6.10 Å². The van der Waals surface area contributed by atoms with Gasteiger partial charge in [0.2, 0.25) is 0 Å². The molecule has 0 spiro atoms. The third-order valence-corrected chi connectivity index (χ3v) is 6.50. The van der Waals surface area contributed by atoms with E-state index in [1.165, 1.54) is 22.4 Å². The van der Waals surface area contributed by atoms with Crippen LogP contribution in [-0.4, -0.2) is 53.9 Å². The summed E-state index contributed by atoms with van der Waals surface area (Å²) in [6.07, 6.45) is 5.06. The molecule has 3 heterocycles. The second-order valence-electron chi connectivity index (χ2n) is 8.77. The minimum atomic E-state index is 0. The molecule has 0 aliphatic carbocycles. The van der Waals surface area contributed by atoms with Crippen LogP contribution in [0, 0.1) is 0 Å². The molecular formula is C26H33IN6O. The van der Waals surface area contributed by atoms with Crippen molar-refractivity contribution in [3.63, 3.8) is 0 Å². The van der Waals surface area contributed by atoms with Gasteiger partial charge in [-0.3, -0.25) is 9.67 Å². The monoisotopic (exact) mass is 572 g/mol. The average molecular weight is 572 g/mol. The van der Waals surface area contributed by atoms with Gasteiger partial charge in [-0.1, -0.05) is 42.5 Å². The van der Waals surface area contributed by atoms with E-state index in [0.29, 0.717) is 6.61 Å². The number of aryl methyl sites for hydroxylation is 1. The molecule has 1 N–H and O–H groups in total. The number of morpholine rings is 1. The number of guanidine groups is 1. The van der Waals surface area contributed by atoms with Gasteiger partial charge in [0.15, 0.2) is 5.96 Å². The summed E-state index contributed by atoms with van der Waals surface area (Å²) >= 11 is 0. The highest BCUT2D eigenvalue weighted by molar-refractivity contribution is 14.0. The van der Waals surface area contributed by atoms with Crippen molar-refractivity contribution in [2.45, 2.75) is 25.6 Å². The number of ether oxygens (including phenoxy) is 1. The summed E-state index contributed by atoms with van der Waals surface area (Å²) in [5, 5.41) is 7.80. The summed E-state index contributed by atoms with van der Waals surface area (Å²) in [6.45, 7) is 5.06. The maximum Gasteiger partial charge on any atom is 0.194 e. The Labute approximate surface area is 218 Å². The normalized spacial score (nSPS) is 17.9. The summed E-state index contributed by atoms with van der Waals surface area (Å²) in [5.41, 5.74) is 6.53. The second-order valence-corrected chi connectivity index (χ2v) is 8.77. The fourth-order valence-electron chi connectivity index (χ4n) is 4.72. The molecule has 0 amide bonds. The zero-order valence-electron chi connectivity index (χ0n) is 19.9. The maximum atomic E-state index is 5.97. The van der Waals surface area contributed by atoms with Crippen LogP contribution in [0.3, 0.4) is 0 Å². The number of para-hydroxylation sites is 1. The molecule has 0 bridgehead atoms. The number of halogens is 1. The molecule has 1 saturated heterocycles. The Bertz CT molecular complexity index is 1110. The number of hydrogen-bond donors (Lipinski definition) is 1. The predicted octanol–water partition coefficient (Wildman–Crippen LogP) is 3.75. The lowest BCUT2D eigenvalue weighted by Gasteiger charge is -2.34. The highest BCUT2D eigenvalue weighted by Gasteiger charge is 2.25. The molecule has 180 valence electrons. The molecule has 1 aromatic heterocycles. The van der Waals surface area contributed by atoms with Gasteiger partial charge in [-0.05, 0) is 29.2 Å². The molecule has 1 atom stereocenters. The van der Waals surface area contributed by atoms with E-state index in [4.69, 9.17) is 4.74 Å². The molecule has 1 fully saturated rings. The van der Waals surface area contributed by atoms with Crippen molar-refractivity contribution in [2.24, 2.45) is 12.0 Å². The lowest BCUT2D eigenvalue weighted by molar-refractivity contribution is -0.00805. The van der Waals surface area contributed by atoms with Crippen LogP contribution in [0.4, 0.5) is 5.69 Å². The number of anilines is 1. The Morgan fingerprint density at radius 1 is 1.12 bits per heavy atom. The number of rotatable bonds is 5. The standard InChI is InChI=1S/C26H32N6O.HI/c1-27-26(32-13-14-33-25(19-32)23-16-29-30(2)18-23)28-15-20-7-9-21(10-8-20)17-31-12-11-22-5-3-4-6-24(22)31;/h3-10,16,18,25H,11-15,17,19H2,1-2H3,(H,27,28);1H. The van der Waals surface area contributed by atoms with E-state index in [0.717, 1.165) is 50.7 Å². The van der Waals surface area contributed by atoms with E-state index in [-0.39, 0.29) is 30.1 Å². The van der Waals surface area contributed by atoms with Crippen molar-refractivity contribution in [1.29, 1.82) is 0 Å². The van der Waals surface area contributed by atoms with Crippen LogP contribution >= 0.6 is 24.0 Å². The fraction of sp³-hybridized carbons (Fsp3) is 0.385. The topological polar surface area (TPSA) is 57.9 Å². The van der Waals surface area contributed by atoms with Crippen LogP contribution in [0.5, 0.6) is 0 Å². The van der Waals surface area contributed by atoms with Crippen LogP contribution in [0.15, 0.2) is 65.9 Å². The summed E-state index contributed by atoms with van der Waals surface area (Å²) in [5.74, 6) is 0.907. The first kappa shape index (κ1) is 24.5. The Morgan fingerprint density at radius 3 is 2.68 bits per heavy atom. The van der Waals surface area contributed by atoms with Crippen molar-refractivity contribution in [2.75, 3.05) is 38.2 Å². The number of fused-ring (bicyclic) bond motifs is 1. The smallest absolute Gasteiger partial charge is 0.194 e. The Hall–Kier alpha value is -2.59. The van der Waals surface area contributed by atoms with Gasteiger partial charge in [0, 0.05) is 57.7 Å². The van der Waals surface area contributed by atoms with Crippen LogP contribution in [0.1, 0.15) is 28.4 Å². The minimum Gasteiger partial charge on any atom is -0.370 e. The van der Waals surface area contributed by atoms with E-state index in [1.807, 2.05) is 31.2 Å². The van der Waals surface area contributed by atoms with Gasteiger partial charge in [0.05, 0.1) is 19.3 Å². The summed E-state index contributed by atoms with van der Waals surface area (Å²) in [7, 11) is 3.77. The number of benzene rings is 2. The molecule has 2 aromatic carbocycles. The first-order chi connectivity index (χ1) is 16.2. The third-order valence-electron chi connectivity index (χ3n) is 6.50. The number of aliphatic imine (C=N–C) groups is 1. The van der Waals surface area contributed by atoms with Crippen molar-refractivity contribution < 1.29 is 4.74 Å². The molecule has 0 saturated carbocycles. The molecule has 2 aliphatic heterocycles. The maximum absolute atomic E-state index is 5.97. The van der Waals surface area contributed by atoms with Gasteiger partial charge in [-0.25, -0.2) is 0 Å². The average Bonchev–Trinajstić information content (AvgIpc) is 3.47. The van der Waals surface area contributed by atoms with Crippen molar-refractivity contribution in [3.05, 3.63) is 83.2 Å². The van der Waals surface area contributed by atoms with Crippen molar-refractivity contribution in [3.8, 4) is 0 Å². The molecule has 7 nitrogen and oxygen atoms in total. The Morgan fingerprint density at radius 2 is 1.91 bits per heavy atom. The molecule has 3 aromatic rings. The van der Waals surface area contributed by atoms with E-state index >= 15 is 0 Å². The zero-order valence-corrected chi connectivity index (χ0v) is 22.2. The van der Waals surface area contributed by atoms with Gasteiger partial charge < -0.3 is 19.9 Å². The number of nitrogens with zero attached hydrogens (tertiary/aromatic N) is 5. The second kappa shape index (κ2) is 11.2. The fourth-order valence-corrected chi connectivity index (χ4v) is 4.72. The third kappa shape index (κ3) is 5.55. The zero-order chi connectivity index (χ0) is 22.6. The molecule has 2 aliphatic rings. The highest BCUT2D eigenvalue weighted by Crippen LogP contribution is 2.28. The van der Waals surface area contributed by atoms with E-state index < -0.39 is 0 Å². The number of nitrogens with one attached hydrogen (secondary N) is 1. The van der Waals surface area contributed by atoms with Crippen molar-refractivity contribution >= 4 is 35.6 Å². The molecule has 1 unspecified atom stereocenters. The predicted molar refractivity (Wildman–Crippen MR) is 147 cm³/mol. The quantitative estimate of drug-likeness (QED) is 0.287. The number of hydrogen-bond acceptors (Lipinski definition) is 4. The molecule has 5 rings (SSSR count). The van der Waals surface area contributed by atoms with Crippen LogP contribution in [0.25, 0.3) is 0 Å². The lowest BCUT2D eigenvalue weighted by Crippen LogP contribution is -2.47. The molecular weight excluding hydrogens is 539 g/mol. The first-order valence-electron chi connectivity index (χ1n) is 11.7. The lowest BCUT2D eigenvalue weighted by atomic mass is 10.1. The summed E-state index contributed by atoms with van der Waals surface area (Å²) in [6, 6.07) is 17.7. The van der Waals surface area contributed by atoms with Gasteiger partial charge in [-0.15, -0.1) is 24.0 Å². The molecule has 8 heteroatoms. The van der Waals surface area contributed by atoms with E-state index in [1.54, 1.807) is 0 Å². The number of aromatic nitrogens is 2. The Kier molecular flexibility index (Phi) is 8.10. The molecule has 0 radical (unpaired) electrons.